The highest BCUT2D eigenvalue weighted by molar-refractivity contribution is 5.93. The molecule has 0 saturated carbocycles. The molecule has 0 spiro atoms. The van der Waals surface area contributed by atoms with Gasteiger partial charge < -0.3 is 9.72 Å². The summed E-state index contributed by atoms with van der Waals surface area (Å²) in [5, 5.41) is 7.09. The Hall–Kier alpha value is -3.48. The number of nitrogens with zero attached hydrogens (tertiary/aromatic N) is 5. The monoisotopic (exact) mass is 346 g/mol. The van der Waals surface area contributed by atoms with Gasteiger partial charge in [0.05, 0.1) is 11.7 Å². The lowest BCUT2D eigenvalue weighted by molar-refractivity contribution is 0.0935. The van der Waals surface area contributed by atoms with Crippen LogP contribution in [-0.4, -0.2) is 30.1 Å². The van der Waals surface area contributed by atoms with Gasteiger partial charge in [-0.3, -0.25) is 4.79 Å². The molecule has 0 bridgehead atoms. The third-order valence-corrected chi connectivity index (χ3v) is 4.26. The molecule has 26 heavy (non-hydrogen) atoms. The Morgan fingerprint density at radius 2 is 1.92 bits per heavy atom. The lowest BCUT2D eigenvalue weighted by atomic mass is 10.1. The second kappa shape index (κ2) is 6.44. The van der Waals surface area contributed by atoms with E-state index in [0.717, 1.165) is 22.5 Å². The van der Waals surface area contributed by atoms with Crippen molar-refractivity contribution in [2.45, 2.75) is 19.9 Å². The number of carbonyl (C=O) groups is 1. The maximum absolute atomic E-state index is 12.5. The van der Waals surface area contributed by atoms with Crippen molar-refractivity contribution in [3.63, 3.8) is 0 Å². The van der Waals surface area contributed by atoms with E-state index < -0.39 is 0 Å². The van der Waals surface area contributed by atoms with E-state index in [4.69, 9.17) is 0 Å². The van der Waals surface area contributed by atoms with Gasteiger partial charge in [-0.2, -0.15) is 5.10 Å². The van der Waals surface area contributed by atoms with Crippen LogP contribution < -0.4 is 5.32 Å². The van der Waals surface area contributed by atoms with Gasteiger partial charge in [0, 0.05) is 12.4 Å². The number of imidazole rings is 1. The van der Waals surface area contributed by atoms with Gasteiger partial charge in [0.25, 0.3) is 5.91 Å². The highest BCUT2D eigenvalue weighted by Gasteiger charge is 2.15. The number of benzene rings is 1. The van der Waals surface area contributed by atoms with Crippen LogP contribution in [0.25, 0.3) is 11.3 Å². The molecule has 7 nitrogen and oxygen atoms in total. The fraction of sp³-hybridized carbons (Fsp3) is 0.158. The Kier molecular flexibility index (Phi) is 3.96. The molecule has 3 aromatic heterocycles. The minimum atomic E-state index is -0.195. The van der Waals surface area contributed by atoms with E-state index >= 15 is 0 Å². The van der Waals surface area contributed by atoms with Gasteiger partial charge in [-0.05, 0) is 43.2 Å². The van der Waals surface area contributed by atoms with E-state index in [1.165, 1.54) is 6.33 Å². The molecule has 1 amide bonds. The zero-order valence-electron chi connectivity index (χ0n) is 14.5. The average Bonchev–Trinajstić information content (AvgIpc) is 3.31. The number of aryl methyl sites for hydroxylation is 1. The number of carbonyl (C=O) groups excluding carboxylic acids is 1. The average molecular weight is 346 g/mol. The Balaban J connectivity index is 1.49. The van der Waals surface area contributed by atoms with E-state index in [0.29, 0.717) is 5.69 Å². The van der Waals surface area contributed by atoms with Crippen LogP contribution in [-0.2, 0) is 0 Å². The maximum atomic E-state index is 12.5. The lowest BCUT2D eigenvalue weighted by Gasteiger charge is -2.14. The first-order chi connectivity index (χ1) is 12.6. The van der Waals surface area contributed by atoms with Crippen LogP contribution in [0.2, 0.25) is 0 Å². The van der Waals surface area contributed by atoms with Crippen molar-refractivity contribution < 1.29 is 4.79 Å². The summed E-state index contributed by atoms with van der Waals surface area (Å²) in [7, 11) is 0. The second-order valence-electron chi connectivity index (χ2n) is 6.22. The number of pyridine rings is 1. The predicted octanol–water partition coefficient (Wildman–Crippen LogP) is 2.71. The molecule has 0 aliphatic rings. The van der Waals surface area contributed by atoms with E-state index in [2.05, 4.69) is 20.4 Å². The van der Waals surface area contributed by atoms with Crippen LogP contribution in [0.3, 0.4) is 0 Å². The second-order valence-corrected chi connectivity index (χ2v) is 6.22. The summed E-state index contributed by atoms with van der Waals surface area (Å²) in [4.78, 5) is 20.8. The van der Waals surface area contributed by atoms with Gasteiger partial charge in [0.15, 0.2) is 0 Å². The number of rotatable bonds is 4. The minimum absolute atomic E-state index is 0.140. The zero-order valence-corrected chi connectivity index (χ0v) is 14.5. The molecule has 4 rings (SSSR count). The lowest BCUT2D eigenvalue weighted by Crippen LogP contribution is -2.26. The van der Waals surface area contributed by atoms with Crippen LogP contribution in [0.1, 0.15) is 34.6 Å². The Bertz CT molecular complexity index is 1050. The third kappa shape index (κ3) is 3.06. The van der Waals surface area contributed by atoms with Crippen molar-refractivity contribution in [2.75, 3.05) is 0 Å². The quantitative estimate of drug-likeness (QED) is 0.616. The van der Waals surface area contributed by atoms with E-state index in [-0.39, 0.29) is 11.9 Å². The first-order valence-corrected chi connectivity index (χ1v) is 8.31. The highest BCUT2D eigenvalue weighted by Crippen LogP contribution is 2.16. The van der Waals surface area contributed by atoms with E-state index in [1.54, 1.807) is 17.2 Å². The molecule has 1 aromatic carbocycles. The Morgan fingerprint density at radius 1 is 1.12 bits per heavy atom. The van der Waals surface area contributed by atoms with Crippen molar-refractivity contribution in [2.24, 2.45) is 0 Å². The van der Waals surface area contributed by atoms with Crippen LogP contribution in [0, 0.1) is 6.92 Å². The van der Waals surface area contributed by atoms with Crippen molar-refractivity contribution >= 4 is 11.6 Å². The van der Waals surface area contributed by atoms with Gasteiger partial charge in [-0.1, -0.05) is 18.2 Å². The van der Waals surface area contributed by atoms with Gasteiger partial charge in [0.2, 0.25) is 0 Å². The van der Waals surface area contributed by atoms with Gasteiger partial charge in [-0.25, -0.2) is 14.6 Å². The Labute approximate surface area is 150 Å². The first-order valence-electron chi connectivity index (χ1n) is 8.31. The zero-order chi connectivity index (χ0) is 18.1. The topological polar surface area (TPSA) is 77.1 Å². The predicted molar refractivity (Wildman–Crippen MR) is 97.2 cm³/mol. The molecule has 0 aliphatic heterocycles. The number of aromatic nitrogens is 5. The number of fused-ring (bicyclic) bond motifs is 1. The van der Waals surface area contributed by atoms with Gasteiger partial charge in [0.1, 0.15) is 24.0 Å². The molecular weight excluding hydrogens is 328 g/mol. The van der Waals surface area contributed by atoms with Crippen molar-refractivity contribution in [3.05, 3.63) is 78.3 Å². The van der Waals surface area contributed by atoms with Crippen LogP contribution in [0.5, 0.6) is 0 Å². The summed E-state index contributed by atoms with van der Waals surface area (Å²) in [6, 6.07) is 11.6. The van der Waals surface area contributed by atoms with Crippen LogP contribution in [0.4, 0.5) is 0 Å². The summed E-state index contributed by atoms with van der Waals surface area (Å²) >= 11 is 0. The number of nitrogens with one attached hydrogen (secondary N) is 1. The SMILES string of the molecule is Cc1ccc2nc(C(=O)N[C@H](C)c3ccc(-n4cncn4)cc3)cn2c1. The summed E-state index contributed by atoms with van der Waals surface area (Å²) in [5.41, 5.74) is 4.19. The molecule has 0 unspecified atom stereocenters. The molecule has 1 atom stereocenters. The summed E-state index contributed by atoms with van der Waals surface area (Å²) in [6.07, 6.45) is 6.84. The standard InChI is InChI=1S/C19H18N6O/c1-13-3-8-18-23-17(10-24(18)9-13)19(26)22-14(2)15-4-6-16(7-5-15)25-12-20-11-21-25/h3-12,14H,1-2H3,(H,22,26)/t14-/m1/s1. The normalized spacial score (nSPS) is 12.2. The summed E-state index contributed by atoms with van der Waals surface area (Å²) in [6.45, 7) is 3.95. The van der Waals surface area contributed by atoms with Crippen molar-refractivity contribution in [3.8, 4) is 5.69 Å². The molecule has 130 valence electrons. The molecule has 0 saturated heterocycles. The van der Waals surface area contributed by atoms with E-state index in [1.807, 2.05) is 60.8 Å². The van der Waals surface area contributed by atoms with E-state index in [9.17, 15) is 4.79 Å². The smallest absolute Gasteiger partial charge is 0.271 e. The molecule has 1 N–H and O–H groups in total. The number of amides is 1. The largest absolute Gasteiger partial charge is 0.344 e. The number of hydrogen-bond donors (Lipinski definition) is 1. The molecule has 0 radical (unpaired) electrons. The minimum Gasteiger partial charge on any atom is -0.344 e. The molecule has 7 heteroatoms. The van der Waals surface area contributed by atoms with Gasteiger partial charge >= 0.3 is 0 Å². The number of hydrogen-bond acceptors (Lipinski definition) is 4. The molecule has 0 aliphatic carbocycles. The van der Waals surface area contributed by atoms with Crippen LogP contribution >= 0.6 is 0 Å². The first kappa shape index (κ1) is 16.0. The Morgan fingerprint density at radius 3 is 2.65 bits per heavy atom. The summed E-state index contributed by atoms with van der Waals surface area (Å²) in [5.74, 6) is -0.195. The summed E-state index contributed by atoms with van der Waals surface area (Å²) < 4.78 is 3.55. The van der Waals surface area contributed by atoms with Gasteiger partial charge in [-0.15, -0.1) is 0 Å². The highest BCUT2D eigenvalue weighted by atomic mass is 16.2. The van der Waals surface area contributed by atoms with Crippen LogP contribution in [0.15, 0.2) is 61.4 Å². The molecule has 4 aromatic rings. The van der Waals surface area contributed by atoms with Crippen molar-refractivity contribution in [1.29, 1.82) is 0 Å². The third-order valence-electron chi connectivity index (χ3n) is 4.26. The fourth-order valence-electron chi connectivity index (χ4n) is 2.82. The maximum Gasteiger partial charge on any atom is 0.271 e. The molecular formula is C19H18N6O. The van der Waals surface area contributed by atoms with Crippen molar-refractivity contribution in [1.82, 2.24) is 29.5 Å². The fourth-order valence-corrected chi connectivity index (χ4v) is 2.82. The molecule has 3 heterocycles. The molecule has 0 fully saturated rings.